The maximum atomic E-state index is 5.32. The number of hydrogen-bond donors (Lipinski definition) is 0. The maximum Gasteiger partial charge on any atom is 0.159 e. The average molecular weight is 278 g/mol. The summed E-state index contributed by atoms with van der Waals surface area (Å²) in [6.45, 7) is 4.55. The van der Waals surface area contributed by atoms with Crippen LogP contribution < -0.4 is 0 Å². The molecule has 1 heterocycles. The van der Waals surface area contributed by atoms with Crippen LogP contribution in [-0.4, -0.2) is 35.1 Å². The van der Waals surface area contributed by atoms with Crippen molar-refractivity contribution in [3.63, 3.8) is 0 Å². The van der Waals surface area contributed by atoms with Crippen LogP contribution >= 0.6 is 15.9 Å². The van der Waals surface area contributed by atoms with Crippen LogP contribution in [0, 0.1) is 0 Å². The van der Waals surface area contributed by atoms with Crippen LogP contribution in [0.1, 0.15) is 18.6 Å². The summed E-state index contributed by atoms with van der Waals surface area (Å²) in [6.07, 6.45) is 0. The largest absolute Gasteiger partial charge is 0.383 e. The molecule has 5 nitrogen and oxygen atoms in total. The lowest BCUT2D eigenvalue weighted by atomic mass is 10.5. The van der Waals surface area contributed by atoms with Gasteiger partial charge < -0.3 is 14.0 Å². The third-order valence-corrected chi connectivity index (χ3v) is 2.48. The molecule has 0 radical (unpaired) electrons. The quantitative estimate of drug-likeness (QED) is 0.706. The highest BCUT2D eigenvalue weighted by Crippen LogP contribution is 2.07. The molecule has 0 spiro atoms. The molecule has 0 aliphatic heterocycles. The second-order valence-corrected chi connectivity index (χ2v) is 3.51. The van der Waals surface area contributed by atoms with Crippen molar-refractivity contribution < 1.29 is 9.47 Å². The zero-order valence-electron chi connectivity index (χ0n) is 9.07. The van der Waals surface area contributed by atoms with Gasteiger partial charge in [-0.1, -0.05) is 15.9 Å². The standard InChI is InChI=1S/C9H16BrN3O2/c1-3-15-7-9-12-11-8(6-10)13(9)4-5-14-2/h3-7H2,1-2H3. The highest BCUT2D eigenvalue weighted by molar-refractivity contribution is 9.08. The van der Waals surface area contributed by atoms with Gasteiger partial charge in [0.2, 0.25) is 0 Å². The normalized spacial score (nSPS) is 10.9. The van der Waals surface area contributed by atoms with E-state index in [1.54, 1.807) is 7.11 Å². The van der Waals surface area contributed by atoms with Gasteiger partial charge in [-0.05, 0) is 6.92 Å². The highest BCUT2D eigenvalue weighted by Gasteiger charge is 2.10. The molecule has 0 saturated heterocycles. The first-order valence-corrected chi connectivity index (χ1v) is 5.99. The van der Waals surface area contributed by atoms with E-state index >= 15 is 0 Å². The van der Waals surface area contributed by atoms with Crippen LogP contribution in [0.25, 0.3) is 0 Å². The minimum atomic E-state index is 0.500. The Morgan fingerprint density at radius 2 is 2.07 bits per heavy atom. The van der Waals surface area contributed by atoms with Gasteiger partial charge in [0.15, 0.2) is 5.82 Å². The van der Waals surface area contributed by atoms with Crippen LogP contribution in [0.15, 0.2) is 0 Å². The maximum absolute atomic E-state index is 5.32. The van der Waals surface area contributed by atoms with Gasteiger partial charge in [0, 0.05) is 20.3 Å². The number of aromatic nitrogens is 3. The number of ether oxygens (including phenoxy) is 2. The number of hydrogen-bond acceptors (Lipinski definition) is 4. The van der Waals surface area contributed by atoms with Gasteiger partial charge in [-0.25, -0.2) is 0 Å². The average Bonchev–Trinajstić information content (AvgIpc) is 2.65. The van der Waals surface area contributed by atoms with E-state index in [0.717, 1.165) is 18.2 Å². The Hall–Kier alpha value is -0.460. The van der Waals surface area contributed by atoms with Crippen LogP contribution in [0.3, 0.4) is 0 Å². The van der Waals surface area contributed by atoms with Gasteiger partial charge in [0.05, 0.1) is 11.9 Å². The first-order valence-electron chi connectivity index (χ1n) is 4.87. The molecule has 1 aromatic heterocycles. The predicted molar refractivity (Wildman–Crippen MR) is 59.9 cm³/mol. The molecule has 0 aliphatic rings. The van der Waals surface area contributed by atoms with Gasteiger partial charge in [0.1, 0.15) is 12.4 Å². The Kier molecular flexibility index (Phi) is 5.82. The molecule has 1 aromatic rings. The molecule has 15 heavy (non-hydrogen) atoms. The van der Waals surface area contributed by atoms with Crippen molar-refractivity contribution >= 4 is 15.9 Å². The lowest BCUT2D eigenvalue weighted by Crippen LogP contribution is -2.12. The van der Waals surface area contributed by atoms with Crippen LogP contribution in [0.2, 0.25) is 0 Å². The van der Waals surface area contributed by atoms with Crippen molar-refractivity contribution in [2.75, 3.05) is 20.3 Å². The fraction of sp³-hybridized carbons (Fsp3) is 0.778. The van der Waals surface area contributed by atoms with Gasteiger partial charge in [0.25, 0.3) is 0 Å². The number of alkyl halides is 1. The Balaban J connectivity index is 2.70. The zero-order valence-corrected chi connectivity index (χ0v) is 10.7. The van der Waals surface area contributed by atoms with Crippen LogP contribution in [0.5, 0.6) is 0 Å². The second-order valence-electron chi connectivity index (χ2n) is 2.95. The summed E-state index contributed by atoms with van der Waals surface area (Å²) >= 11 is 3.38. The van der Waals surface area contributed by atoms with Gasteiger partial charge in [-0.3, -0.25) is 0 Å². The number of methoxy groups -OCH3 is 1. The lowest BCUT2D eigenvalue weighted by molar-refractivity contribution is 0.122. The van der Waals surface area contributed by atoms with E-state index in [0.29, 0.717) is 25.2 Å². The molecule has 0 unspecified atom stereocenters. The van der Waals surface area contributed by atoms with Crippen molar-refractivity contribution in [3.05, 3.63) is 11.6 Å². The second kappa shape index (κ2) is 6.92. The van der Waals surface area contributed by atoms with Gasteiger partial charge in [-0.15, -0.1) is 10.2 Å². The van der Waals surface area contributed by atoms with Crippen LogP contribution in [0.4, 0.5) is 0 Å². The molecular weight excluding hydrogens is 262 g/mol. The smallest absolute Gasteiger partial charge is 0.159 e. The molecule has 0 amide bonds. The van der Waals surface area contributed by atoms with Crippen molar-refractivity contribution in [3.8, 4) is 0 Å². The first kappa shape index (κ1) is 12.6. The molecule has 0 N–H and O–H groups in total. The van der Waals surface area contributed by atoms with E-state index in [4.69, 9.17) is 9.47 Å². The molecule has 0 aliphatic carbocycles. The molecule has 6 heteroatoms. The van der Waals surface area contributed by atoms with E-state index < -0.39 is 0 Å². The summed E-state index contributed by atoms with van der Waals surface area (Å²) in [6, 6.07) is 0. The topological polar surface area (TPSA) is 49.2 Å². The van der Waals surface area contributed by atoms with Gasteiger partial charge >= 0.3 is 0 Å². The summed E-state index contributed by atoms with van der Waals surface area (Å²) in [7, 11) is 1.68. The van der Waals surface area contributed by atoms with Crippen LogP contribution in [-0.2, 0) is 28.0 Å². The molecule has 86 valence electrons. The highest BCUT2D eigenvalue weighted by atomic mass is 79.9. The van der Waals surface area contributed by atoms with E-state index in [9.17, 15) is 0 Å². The van der Waals surface area contributed by atoms with Crippen molar-refractivity contribution in [1.82, 2.24) is 14.8 Å². The molecule has 0 atom stereocenters. The number of nitrogens with zero attached hydrogens (tertiary/aromatic N) is 3. The minimum Gasteiger partial charge on any atom is -0.383 e. The lowest BCUT2D eigenvalue weighted by Gasteiger charge is -2.08. The molecular formula is C9H16BrN3O2. The van der Waals surface area contributed by atoms with E-state index in [-0.39, 0.29) is 0 Å². The first-order chi connectivity index (χ1) is 7.33. The summed E-state index contributed by atoms with van der Waals surface area (Å²) in [5.41, 5.74) is 0. The molecule has 1 rings (SSSR count). The van der Waals surface area contributed by atoms with Crippen molar-refractivity contribution in [2.45, 2.75) is 25.4 Å². The monoisotopic (exact) mass is 277 g/mol. The van der Waals surface area contributed by atoms with E-state index in [1.165, 1.54) is 0 Å². The molecule has 0 bridgehead atoms. The molecule has 0 fully saturated rings. The zero-order chi connectivity index (χ0) is 11.1. The number of rotatable bonds is 7. The molecule has 0 saturated carbocycles. The fourth-order valence-corrected chi connectivity index (χ4v) is 1.63. The third kappa shape index (κ3) is 3.55. The van der Waals surface area contributed by atoms with E-state index in [2.05, 4.69) is 26.1 Å². The Morgan fingerprint density at radius 3 is 2.67 bits per heavy atom. The fourth-order valence-electron chi connectivity index (χ4n) is 1.21. The summed E-state index contributed by atoms with van der Waals surface area (Å²) in [4.78, 5) is 0. The number of halogens is 1. The Morgan fingerprint density at radius 1 is 1.33 bits per heavy atom. The minimum absolute atomic E-state index is 0.500. The summed E-state index contributed by atoms with van der Waals surface area (Å²) < 4.78 is 12.4. The summed E-state index contributed by atoms with van der Waals surface area (Å²) in [5.74, 6) is 1.75. The molecule has 0 aromatic carbocycles. The SMILES string of the molecule is CCOCc1nnc(CBr)n1CCOC. The van der Waals surface area contributed by atoms with Crippen molar-refractivity contribution in [2.24, 2.45) is 0 Å². The van der Waals surface area contributed by atoms with Crippen molar-refractivity contribution in [1.29, 1.82) is 0 Å². The Bertz CT molecular complexity index is 291. The third-order valence-electron chi connectivity index (χ3n) is 1.98. The predicted octanol–water partition coefficient (Wildman–Crippen LogP) is 1.36. The Labute approximate surface area is 97.9 Å². The van der Waals surface area contributed by atoms with Gasteiger partial charge in [-0.2, -0.15) is 0 Å². The summed E-state index contributed by atoms with van der Waals surface area (Å²) in [5, 5.41) is 8.84. The van der Waals surface area contributed by atoms with E-state index in [1.807, 2.05) is 11.5 Å².